The van der Waals surface area contributed by atoms with Crippen LogP contribution in [0.3, 0.4) is 0 Å². The van der Waals surface area contributed by atoms with E-state index in [1.54, 1.807) is 0 Å². The van der Waals surface area contributed by atoms with Gasteiger partial charge in [0.15, 0.2) is 0 Å². The first-order chi connectivity index (χ1) is 8.81. The Morgan fingerprint density at radius 2 is 1.89 bits per heavy atom. The number of benzene rings is 1. The summed E-state index contributed by atoms with van der Waals surface area (Å²) in [6, 6.07) is 15.6. The molecule has 0 radical (unpaired) electrons. The number of hydrogen-bond acceptors (Lipinski definition) is 2. The molecule has 0 fully saturated rings. The minimum atomic E-state index is 0.443. The molecule has 96 valence electrons. The van der Waals surface area contributed by atoms with Crippen LogP contribution in [0.4, 0.5) is 0 Å². The van der Waals surface area contributed by atoms with E-state index in [-0.39, 0.29) is 0 Å². The lowest BCUT2D eigenvalue weighted by molar-refractivity contribution is 0.393. The van der Waals surface area contributed by atoms with Gasteiger partial charge in [-0.2, -0.15) is 0 Å². The molecule has 2 unspecified atom stereocenters. The Bertz CT molecular complexity index is 435. The molecule has 2 heteroatoms. The summed E-state index contributed by atoms with van der Waals surface area (Å²) in [7, 11) is 0. The lowest BCUT2D eigenvalue weighted by Gasteiger charge is -2.25. The zero-order valence-electron chi connectivity index (χ0n) is 11.1. The second-order valence-corrected chi connectivity index (χ2v) is 5.74. The number of thiophene rings is 1. The third-order valence-electron chi connectivity index (χ3n) is 3.26. The Hall–Kier alpha value is -1.12. The predicted molar refractivity (Wildman–Crippen MR) is 80.0 cm³/mol. The van der Waals surface area contributed by atoms with Crippen molar-refractivity contribution in [1.29, 1.82) is 0 Å². The zero-order valence-corrected chi connectivity index (χ0v) is 11.9. The van der Waals surface area contributed by atoms with Gasteiger partial charge in [-0.15, -0.1) is 11.3 Å². The van der Waals surface area contributed by atoms with Gasteiger partial charge in [-0.05, 0) is 35.9 Å². The maximum absolute atomic E-state index is 3.62. The van der Waals surface area contributed by atoms with Crippen molar-refractivity contribution in [2.75, 3.05) is 6.54 Å². The van der Waals surface area contributed by atoms with E-state index in [1.807, 2.05) is 11.3 Å². The van der Waals surface area contributed by atoms with E-state index in [2.05, 4.69) is 67.0 Å². The summed E-state index contributed by atoms with van der Waals surface area (Å²) in [4.78, 5) is 1.47. The Kier molecular flexibility index (Phi) is 4.97. The summed E-state index contributed by atoms with van der Waals surface area (Å²) in [6.45, 7) is 5.52. The summed E-state index contributed by atoms with van der Waals surface area (Å²) in [6.07, 6.45) is 1.14. The molecule has 0 bridgehead atoms. The van der Waals surface area contributed by atoms with Crippen molar-refractivity contribution < 1.29 is 0 Å². The predicted octanol–water partition coefficient (Wildman–Crippen LogP) is 4.28. The van der Waals surface area contributed by atoms with Crippen molar-refractivity contribution in [2.24, 2.45) is 5.92 Å². The highest BCUT2D eigenvalue weighted by Crippen LogP contribution is 2.26. The van der Waals surface area contributed by atoms with Gasteiger partial charge < -0.3 is 5.32 Å². The first-order valence-electron chi connectivity index (χ1n) is 6.62. The second kappa shape index (κ2) is 6.72. The van der Waals surface area contributed by atoms with E-state index in [4.69, 9.17) is 0 Å². The lowest BCUT2D eigenvalue weighted by atomic mass is 9.91. The molecule has 2 rings (SSSR count). The van der Waals surface area contributed by atoms with Crippen LogP contribution >= 0.6 is 11.3 Å². The first kappa shape index (κ1) is 13.3. The Morgan fingerprint density at radius 1 is 1.11 bits per heavy atom. The molecule has 1 aromatic carbocycles. The third-order valence-corrected chi connectivity index (χ3v) is 4.15. The molecule has 2 atom stereocenters. The van der Waals surface area contributed by atoms with Crippen LogP contribution in [0.15, 0.2) is 47.8 Å². The van der Waals surface area contributed by atoms with Gasteiger partial charge in [0.25, 0.3) is 0 Å². The fraction of sp³-hybridized carbons (Fsp3) is 0.375. The Morgan fingerprint density at radius 3 is 2.50 bits per heavy atom. The summed E-state index contributed by atoms with van der Waals surface area (Å²) < 4.78 is 0. The molecule has 0 aliphatic rings. The van der Waals surface area contributed by atoms with Gasteiger partial charge >= 0.3 is 0 Å². The monoisotopic (exact) mass is 259 g/mol. The quantitative estimate of drug-likeness (QED) is 0.816. The fourth-order valence-electron chi connectivity index (χ4n) is 2.39. The van der Waals surface area contributed by atoms with E-state index < -0.39 is 0 Å². The first-order valence-corrected chi connectivity index (χ1v) is 7.50. The van der Waals surface area contributed by atoms with E-state index in [9.17, 15) is 0 Å². The van der Waals surface area contributed by atoms with Crippen molar-refractivity contribution in [3.8, 4) is 0 Å². The molecule has 0 saturated carbocycles. The zero-order chi connectivity index (χ0) is 12.8. The van der Waals surface area contributed by atoms with Gasteiger partial charge in [-0.25, -0.2) is 0 Å². The van der Waals surface area contributed by atoms with Crippen LogP contribution in [-0.2, 0) is 6.42 Å². The molecule has 0 spiro atoms. The van der Waals surface area contributed by atoms with E-state index in [0.29, 0.717) is 12.0 Å². The molecule has 1 nitrogen and oxygen atoms in total. The highest BCUT2D eigenvalue weighted by Gasteiger charge is 2.18. The molecule has 1 N–H and O–H groups in total. The molecule has 1 heterocycles. The van der Waals surface area contributed by atoms with Gasteiger partial charge in [0.05, 0.1) is 0 Å². The maximum atomic E-state index is 3.62. The van der Waals surface area contributed by atoms with Crippen LogP contribution in [0.2, 0.25) is 0 Å². The largest absolute Gasteiger partial charge is 0.310 e. The van der Waals surface area contributed by atoms with Crippen LogP contribution in [-0.4, -0.2) is 6.54 Å². The molecular weight excluding hydrogens is 238 g/mol. The van der Waals surface area contributed by atoms with E-state index in [1.165, 1.54) is 10.4 Å². The summed E-state index contributed by atoms with van der Waals surface area (Å²) in [5.74, 6) is 0.603. The summed E-state index contributed by atoms with van der Waals surface area (Å²) in [5, 5.41) is 5.78. The van der Waals surface area contributed by atoms with Crippen molar-refractivity contribution >= 4 is 11.3 Å². The highest BCUT2D eigenvalue weighted by atomic mass is 32.1. The van der Waals surface area contributed by atoms with Crippen LogP contribution in [0.25, 0.3) is 0 Å². The number of nitrogens with one attached hydrogen (secondary N) is 1. The van der Waals surface area contributed by atoms with Crippen LogP contribution in [0.1, 0.15) is 30.3 Å². The van der Waals surface area contributed by atoms with Crippen LogP contribution in [0.5, 0.6) is 0 Å². The minimum absolute atomic E-state index is 0.443. The standard InChI is InChI=1S/C16H21NS/c1-3-17-16(14-8-5-4-6-9-14)13(2)12-15-10-7-11-18-15/h4-11,13,16-17H,3,12H2,1-2H3. The second-order valence-electron chi connectivity index (χ2n) is 4.71. The van der Waals surface area contributed by atoms with Gasteiger partial charge in [-0.1, -0.05) is 50.2 Å². The topological polar surface area (TPSA) is 12.0 Å². The molecule has 0 aliphatic carbocycles. The normalized spacial score (nSPS) is 14.3. The van der Waals surface area contributed by atoms with E-state index in [0.717, 1.165) is 13.0 Å². The van der Waals surface area contributed by atoms with Crippen LogP contribution in [0, 0.1) is 5.92 Å². The van der Waals surface area contributed by atoms with Gasteiger partial charge in [0, 0.05) is 10.9 Å². The summed E-state index contributed by atoms with van der Waals surface area (Å²) >= 11 is 1.85. The lowest BCUT2D eigenvalue weighted by Crippen LogP contribution is -2.27. The molecule has 18 heavy (non-hydrogen) atoms. The Balaban J connectivity index is 2.09. The average molecular weight is 259 g/mol. The number of rotatable bonds is 6. The molecule has 0 saturated heterocycles. The van der Waals surface area contributed by atoms with Gasteiger partial charge in [0.1, 0.15) is 0 Å². The average Bonchev–Trinajstić information content (AvgIpc) is 2.89. The van der Waals surface area contributed by atoms with Gasteiger partial charge in [0.2, 0.25) is 0 Å². The Labute approximate surface area is 114 Å². The van der Waals surface area contributed by atoms with Crippen molar-refractivity contribution in [1.82, 2.24) is 5.32 Å². The molecule has 0 amide bonds. The summed E-state index contributed by atoms with van der Waals surface area (Å²) in [5.41, 5.74) is 1.39. The minimum Gasteiger partial charge on any atom is -0.310 e. The molecule has 2 aromatic rings. The van der Waals surface area contributed by atoms with Crippen LogP contribution < -0.4 is 5.32 Å². The fourth-order valence-corrected chi connectivity index (χ4v) is 3.24. The number of hydrogen-bond donors (Lipinski definition) is 1. The van der Waals surface area contributed by atoms with Crippen molar-refractivity contribution in [2.45, 2.75) is 26.3 Å². The highest BCUT2D eigenvalue weighted by molar-refractivity contribution is 7.09. The van der Waals surface area contributed by atoms with Crippen molar-refractivity contribution in [3.05, 3.63) is 58.3 Å². The van der Waals surface area contributed by atoms with Gasteiger partial charge in [-0.3, -0.25) is 0 Å². The van der Waals surface area contributed by atoms with E-state index >= 15 is 0 Å². The molecule has 0 aliphatic heterocycles. The SMILES string of the molecule is CCNC(c1ccccc1)C(C)Cc1cccs1. The third kappa shape index (κ3) is 3.44. The molecule has 1 aromatic heterocycles. The smallest absolute Gasteiger partial charge is 0.0349 e. The van der Waals surface area contributed by atoms with Crippen molar-refractivity contribution in [3.63, 3.8) is 0 Å². The maximum Gasteiger partial charge on any atom is 0.0349 e. The molecular formula is C16H21NS.